The van der Waals surface area contributed by atoms with E-state index in [0.29, 0.717) is 0 Å². The molecule has 11 rings (SSSR count). The van der Waals surface area contributed by atoms with Gasteiger partial charge in [-0.1, -0.05) is 140 Å². The lowest BCUT2D eigenvalue weighted by Gasteiger charge is -2.18. The normalized spacial score (nSPS) is 13.0. The fourth-order valence-electron chi connectivity index (χ4n) is 8.07. The number of aromatic nitrogens is 2. The Balaban J connectivity index is 1.16. The number of aliphatic imine (C=N–C) groups is 1. The van der Waals surface area contributed by atoms with E-state index in [-0.39, 0.29) is 0 Å². The van der Waals surface area contributed by atoms with Crippen LogP contribution in [0.15, 0.2) is 187 Å². The van der Waals surface area contributed by atoms with Crippen LogP contribution in [0, 0.1) is 0 Å². The smallest absolute Gasteiger partial charge is 0.171 e. The number of hydrogen-bond donors (Lipinski definition) is 0. The molecule has 0 atom stereocenters. The van der Waals surface area contributed by atoms with Gasteiger partial charge >= 0.3 is 0 Å². The van der Waals surface area contributed by atoms with Gasteiger partial charge in [-0.15, -0.1) is 0 Å². The molecule has 1 aliphatic rings. The molecule has 0 N–H and O–H groups in total. The van der Waals surface area contributed by atoms with Crippen LogP contribution in [0.2, 0.25) is 0 Å². The molecule has 52 heavy (non-hydrogen) atoms. The number of benzene rings is 8. The molecule has 0 radical (unpaired) electrons. The summed E-state index contributed by atoms with van der Waals surface area (Å²) >= 11 is -0.664. The molecule has 0 saturated carbocycles. The molecule has 0 amide bonds. The van der Waals surface area contributed by atoms with E-state index in [2.05, 4.69) is 191 Å². The molecule has 0 unspecified atom stereocenters. The standard InChI is InChI=1S/C48H30IN3/c1-2-12-31(13-3-1)32-22-24-34(25-23-32)47-39-18-6-9-19-41(39)50-48(49-47)52-44-29-27-35(30-40(44)46-36-15-5-4-14-33(36)26-28-45(46)52)51-42-20-10-7-16-37(42)38-17-8-11-21-43(38)51/h1-30H. The van der Waals surface area contributed by atoms with Gasteiger partial charge in [0.15, 0.2) is 3.84 Å². The SMILES string of the molecule is c1ccc(-c2ccc(C3=IC(n4c5ccc(-n6c7ccccc7c7ccccc76)cc5c5c6ccccc6ccc54)=Nc4ccccc43)cc2)cc1. The fourth-order valence-corrected chi connectivity index (χ4v) is 11.1. The largest absolute Gasteiger partial charge is 0.309 e. The number of halogens is 1. The quantitative estimate of drug-likeness (QED) is 0.160. The Morgan fingerprint density at radius 3 is 1.79 bits per heavy atom. The average Bonchev–Trinajstić information content (AvgIpc) is 3.74. The lowest BCUT2D eigenvalue weighted by molar-refractivity contribution is 1.18. The van der Waals surface area contributed by atoms with Gasteiger partial charge in [0.2, 0.25) is 0 Å². The molecular formula is C48H30IN3. The Bertz CT molecular complexity index is 3050. The van der Waals surface area contributed by atoms with Crippen molar-refractivity contribution < 1.29 is 0 Å². The Labute approximate surface area is 310 Å². The Morgan fingerprint density at radius 2 is 1.00 bits per heavy atom. The van der Waals surface area contributed by atoms with Gasteiger partial charge in [0.1, 0.15) is 0 Å². The number of rotatable bonds is 3. The van der Waals surface area contributed by atoms with Crippen LogP contribution < -0.4 is 0 Å². The van der Waals surface area contributed by atoms with Gasteiger partial charge in [-0.2, -0.15) is 0 Å². The van der Waals surface area contributed by atoms with Crippen molar-refractivity contribution in [3.63, 3.8) is 0 Å². The number of nitrogens with zero attached hydrogens (tertiary/aromatic N) is 3. The Hall–Kier alpha value is -6.11. The molecule has 2 aromatic heterocycles. The lowest BCUT2D eigenvalue weighted by Crippen LogP contribution is -2.12. The van der Waals surface area contributed by atoms with E-state index in [1.165, 1.54) is 80.1 Å². The predicted molar refractivity (Wildman–Crippen MR) is 229 cm³/mol. The van der Waals surface area contributed by atoms with Gasteiger partial charge in [-0.05, 0) is 90.7 Å². The van der Waals surface area contributed by atoms with E-state index in [0.717, 1.165) is 15.2 Å². The van der Waals surface area contributed by atoms with Crippen LogP contribution in [0.25, 0.3) is 71.2 Å². The zero-order valence-electron chi connectivity index (χ0n) is 28.0. The van der Waals surface area contributed by atoms with Crippen LogP contribution in [0.4, 0.5) is 5.69 Å². The van der Waals surface area contributed by atoms with Crippen molar-refractivity contribution in [2.45, 2.75) is 0 Å². The third-order valence-corrected chi connectivity index (χ3v) is 13.4. The van der Waals surface area contributed by atoms with Crippen molar-refractivity contribution in [1.82, 2.24) is 9.13 Å². The van der Waals surface area contributed by atoms with Crippen LogP contribution in [-0.4, -0.2) is 16.5 Å². The first kappa shape index (κ1) is 29.6. The van der Waals surface area contributed by atoms with E-state index in [1.54, 1.807) is 0 Å². The molecule has 1 aliphatic heterocycles. The molecule has 0 bridgehead atoms. The third kappa shape index (κ3) is 4.50. The molecule has 4 heteroatoms. The molecule has 10 aromatic rings. The van der Waals surface area contributed by atoms with Crippen molar-refractivity contribution in [3.05, 3.63) is 193 Å². The first-order chi connectivity index (χ1) is 25.8. The van der Waals surface area contributed by atoms with Gasteiger partial charge in [-0.25, -0.2) is 4.99 Å². The van der Waals surface area contributed by atoms with Crippen LogP contribution in [0.1, 0.15) is 11.1 Å². The molecule has 0 spiro atoms. The van der Waals surface area contributed by atoms with E-state index in [1.807, 2.05) is 0 Å². The molecule has 0 fully saturated rings. The Kier molecular flexibility index (Phi) is 6.67. The Morgan fingerprint density at radius 1 is 0.404 bits per heavy atom. The van der Waals surface area contributed by atoms with Gasteiger partial charge in [0.05, 0.1) is 27.8 Å². The summed E-state index contributed by atoms with van der Waals surface area (Å²) in [5.41, 5.74) is 12.0. The molecule has 244 valence electrons. The second-order valence-corrected chi connectivity index (χ2v) is 15.9. The zero-order chi connectivity index (χ0) is 34.2. The maximum absolute atomic E-state index is 5.47. The molecule has 3 nitrogen and oxygen atoms in total. The molecule has 0 aliphatic carbocycles. The molecule has 8 aromatic carbocycles. The van der Waals surface area contributed by atoms with Crippen molar-refractivity contribution in [1.29, 1.82) is 0 Å². The van der Waals surface area contributed by atoms with Crippen LogP contribution in [0.5, 0.6) is 0 Å². The van der Waals surface area contributed by atoms with Crippen molar-refractivity contribution >= 4 is 88.2 Å². The molecule has 3 heterocycles. The maximum Gasteiger partial charge on any atom is 0.171 e. The highest BCUT2D eigenvalue weighted by Gasteiger charge is 2.23. The van der Waals surface area contributed by atoms with Crippen LogP contribution in [-0.2, 0) is 0 Å². The number of para-hydroxylation sites is 3. The summed E-state index contributed by atoms with van der Waals surface area (Å²) in [5.74, 6) is 0. The van der Waals surface area contributed by atoms with Crippen molar-refractivity contribution in [2.75, 3.05) is 0 Å². The van der Waals surface area contributed by atoms with Crippen molar-refractivity contribution in [2.24, 2.45) is 4.99 Å². The highest BCUT2D eigenvalue weighted by Crippen LogP contribution is 2.41. The first-order valence-electron chi connectivity index (χ1n) is 17.6. The van der Waals surface area contributed by atoms with Gasteiger partial charge in [0.25, 0.3) is 0 Å². The summed E-state index contributed by atoms with van der Waals surface area (Å²) in [4.78, 5) is 5.47. The maximum atomic E-state index is 5.47. The van der Waals surface area contributed by atoms with E-state index in [9.17, 15) is 0 Å². The average molecular weight is 776 g/mol. The summed E-state index contributed by atoms with van der Waals surface area (Å²) in [5, 5.41) is 7.56. The minimum Gasteiger partial charge on any atom is -0.309 e. The second kappa shape index (κ2) is 11.7. The van der Waals surface area contributed by atoms with Gasteiger partial charge in [0, 0.05) is 36.3 Å². The number of fused-ring (bicyclic) bond motifs is 9. The van der Waals surface area contributed by atoms with Crippen LogP contribution >= 0.6 is 20.7 Å². The minimum absolute atomic E-state index is 0.664. The van der Waals surface area contributed by atoms with E-state index in [4.69, 9.17) is 4.99 Å². The highest BCUT2D eigenvalue weighted by atomic mass is 127. The van der Waals surface area contributed by atoms with Gasteiger partial charge < -0.3 is 4.57 Å². The zero-order valence-corrected chi connectivity index (χ0v) is 30.2. The third-order valence-electron chi connectivity index (χ3n) is 10.4. The number of hydrogen-bond acceptors (Lipinski definition) is 1. The van der Waals surface area contributed by atoms with Gasteiger partial charge in [-0.3, -0.25) is 4.57 Å². The summed E-state index contributed by atoms with van der Waals surface area (Å²) in [7, 11) is 0. The minimum atomic E-state index is -0.664. The summed E-state index contributed by atoms with van der Waals surface area (Å²) in [6.45, 7) is 0. The first-order valence-corrected chi connectivity index (χ1v) is 19.8. The highest BCUT2D eigenvalue weighted by molar-refractivity contribution is 14.2. The molecular weight excluding hydrogens is 745 g/mol. The lowest BCUT2D eigenvalue weighted by atomic mass is 9.99. The monoisotopic (exact) mass is 775 g/mol. The summed E-state index contributed by atoms with van der Waals surface area (Å²) in [6.07, 6.45) is 0. The molecule has 0 saturated heterocycles. The van der Waals surface area contributed by atoms with Crippen LogP contribution in [0.3, 0.4) is 0 Å². The second-order valence-electron chi connectivity index (χ2n) is 13.3. The van der Waals surface area contributed by atoms with E-state index >= 15 is 0 Å². The predicted octanol–water partition coefficient (Wildman–Crippen LogP) is 12.8. The van der Waals surface area contributed by atoms with E-state index < -0.39 is 20.7 Å². The fraction of sp³-hybridized carbons (Fsp3) is 0. The summed E-state index contributed by atoms with van der Waals surface area (Å²) < 4.78 is 7.43. The summed E-state index contributed by atoms with van der Waals surface area (Å²) in [6, 6.07) is 66.3. The van der Waals surface area contributed by atoms with Crippen molar-refractivity contribution in [3.8, 4) is 16.8 Å². The topological polar surface area (TPSA) is 22.2 Å².